The second kappa shape index (κ2) is 54.8. The Bertz CT molecular complexity index is 3940. The number of unbranched alkanes of at least 4 members (excludes halogenated alkanes) is 2. The first kappa shape index (κ1) is 106. The van der Waals surface area contributed by atoms with E-state index in [0.717, 1.165) is 5.56 Å². The molecule has 13 N–H and O–H groups in total. The van der Waals surface area contributed by atoms with Gasteiger partial charge in [-0.05, 0) is 197 Å². The number of esters is 2. The van der Waals surface area contributed by atoms with Gasteiger partial charge in [0.05, 0.1) is 32.5 Å². The lowest BCUT2D eigenvalue weighted by molar-refractivity contribution is -0.156. The summed E-state index contributed by atoms with van der Waals surface area (Å²) in [6, 6.07) is 23.3. The summed E-state index contributed by atoms with van der Waals surface area (Å²) in [5.74, 6) is -8.10. The van der Waals surface area contributed by atoms with Crippen molar-refractivity contribution >= 4 is 77.5 Å². The van der Waals surface area contributed by atoms with Crippen LogP contribution in [0.1, 0.15) is 203 Å². The molecule has 0 aromatic heterocycles. The highest BCUT2D eigenvalue weighted by Crippen LogP contribution is 2.18. The summed E-state index contributed by atoms with van der Waals surface area (Å²) < 4.78 is 44.3. The second-order valence-electron chi connectivity index (χ2n) is 35.2. The quantitative estimate of drug-likeness (QED) is 0.0114. The topological polar surface area (TPSA) is 454 Å². The first-order valence-corrected chi connectivity index (χ1v) is 42.8. The van der Waals surface area contributed by atoms with Gasteiger partial charge in [-0.3, -0.25) is 47.9 Å². The molecule has 124 heavy (non-hydrogen) atoms. The van der Waals surface area contributed by atoms with Gasteiger partial charge < -0.3 is 102 Å². The molecule has 0 aliphatic heterocycles. The van der Waals surface area contributed by atoms with Gasteiger partial charge in [0.2, 0.25) is 47.3 Å². The largest absolute Gasteiger partial charge is 0.460 e. The Morgan fingerprint density at radius 1 is 0.266 bits per heavy atom. The van der Waals surface area contributed by atoms with Gasteiger partial charge in [0.25, 0.3) is 0 Å². The zero-order valence-electron chi connectivity index (χ0n) is 75.2. The number of nitrogens with one attached hydrogen (secondary N) is 11. The van der Waals surface area contributed by atoms with Crippen molar-refractivity contribution in [3.05, 3.63) is 144 Å². The molecular weight excluding hydrogens is 1600 g/mol. The Morgan fingerprint density at radius 3 is 0.815 bits per heavy atom. The van der Waals surface area contributed by atoms with Crippen molar-refractivity contribution < 1.29 is 100 Å². The fourth-order valence-electron chi connectivity index (χ4n) is 12.1. The van der Waals surface area contributed by atoms with Crippen LogP contribution in [0.25, 0.3) is 0 Å². The molecule has 0 aliphatic rings. The minimum atomic E-state index is -1.65. The average molecular weight is 1740 g/mol. The number of carbonyl (C=O) groups is 13. The molecule has 0 bridgehead atoms. The number of rotatable bonds is 53. The molecule has 0 spiro atoms. The van der Waals surface area contributed by atoms with Gasteiger partial charge in [-0.1, -0.05) is 121 Å². The standard InChI is InChI=1S/C91H138N12O21/c1-87(2,3)120-74(104)46-44-69(97-76(106)66(92)58-62-34-20-16-21-35-62)79(109)102-72(60-64-38-24-18-25-39-64)82(112)99-68(43-29-31-49-95-85(115)123-90(10,11)12)78(108)101-73(61-65-40-26-19-27-41-65)83(113)100-70(45-47-75(105)121-88(4,5)6)80(110)103-71(59-63-36-22-17-23-37-63)81(111)98-67(42-28-30-48-94-84(114)122-89(7,8)9)77(107)93-50-32-52-117-54-56-119-57-55-118-53-33-51-96-86(116)124-91(13,14)15/h16-27,34-41,66-73H,28-33,42-61,92H2,1-15H3,(H,93,107)(H,94,114)(H,95,115)(H,96,116)(H,97,106)(H,98,111)(H,99,112)(H,100,113)(H,101,108)(H,102,109)(H,103,110)/t66-,67-,68-,69-,70-,71-,72-,73-/m0/s1. The molecule has 33 heteroatoms. The van der Waals surface area contributed by atoms with Crippen LogP contribution in [0, 0.1) is 0 Å². The minimum Gasteiger partial charge on any atom is -0.460 e. The normalized spacial score (nSPS) is 13.6. The van der Waals surface area contributed by atoms with Gasteiger partial charge in [0.15, 0.2) is 0 Å². The molecule has 0 aliphatic carbocycles. The van der Waals surface area contributed by atoms with Crippen LogP contribution in [0.15, 0.2) is 121 Å². The third-order valence-electron chi connectivity index (χ3n) is 17.8. The lowest BCUT2D eigenvalue weighted by Gasteiger charge is -2.28. The summed E-state index contributed by atoms with van der Waals surface area (Å²) in [5.41, 5.74) is 4.76. The van der Waals surface area contributed by atoms with Crippen LogP contribution in [0.3, 0.4) is 0 Å². The number of benzene rings is 4. The molecular formula is C91H138N12O21. The summed E-state index contributed by atoms with van der Waals surface area (Å²) >= 11 is 0. The maximum Gasteiger partial charge on any atom is 0.407 e. The van der Waals surface area contributed by atoms with E-state index in [0.29, 0.717) is 68.7 Å². The van der Waals surface area contributed by atoms with Crippen molar-refractivity contribution in [2.45, 2.75) is 283 Å². The van der Waals surface area contributed by atoms with Gasteiger partial charge in [-0.25, -0.2) is 14.4 Å². The summed E-state index contributed by atoms with van der Waals surface area (Å²) in [6.45, 7) is 28.2. The van der Waals surface area contributed by atoms with E-state index in [1.165, 1.54) is 0 Å². The van der Waals surface area contributed by atoms with Crippen molar-refractivity contribution in [1.82, 2.24) is 58.5 Å². The fourth-order valence-corrected chi connectivity index (χ4v) is 12.1. The predicted molar refractivity (Wildman–Crippen MR) is 467 cm³/mol. The first-order chi connectivity index (χ1) is 58.4. The van der Waals surface area contributed by atoms with Crippen molar-refractivity contribution in [2.75, 3.05) is 65.8 Å². The van der Waals surface area contributed by atoms with E-state index in [4.69, 9.17) is 43.6 Å². The molecule has 0 unspecified atom stereocenters. The van der Waals surface area contributed by atoms with E-state index in [1.807, 2.05) is 0 Å². The van der Waals surface area contributed by atoms with Crippen LogP contribution in [-0.2, 0) is 112 Å². The van der Waals surface area contributed by atoms with Crippen LogP contribution in [0.4, 0.5) is 14.4 Å². The molecule has 0 heterocycles. The monoisotopic (exact) mass is 1740 g/mol. The molecule has 4 aromatic rings. The molecule has 8 atom stereocenters. The minimum absolute atomic E-state index is 0.0655. The number of nitrogens with two attached hydrogens (primary N) is 1. The van der Waals surface area contributed by atoms with E-state index in [2.05, 4.69) is 58.5 Å². The number of carbonyl (C=O) groups excluding carboxylic acids is 13. The highest BCUT2D eigenvalue weighted by atomic mass is 16.6. The Morgan fingerprint density at radius 2 is 0.508 bits per heavy atom. The van der Waals surface area contributed by atoms with Gasteiger partial charge in [-0.15, -0.1) is 0 Å². The number of amides is 11. The number of hydrogen-bond acceptors (Lipinski definition) is 22. The third kappa shape index (κ3) is 48.9. The molecule has 11 amide bonds. The number of ether oxygens (including phenoxy) is 8. The first-order valence-electron chi connectivity index (χ1n) is 42.8. The van der Waals surface area contributed by atoms with E-state index in [-0.39, 0.29) is 104 Å². The van der Waals surface area contributed by atoms with Crippen molar-refractivity contribution in [2.24, 2.45) is 5.73 Å². The van der Waals surface area contributed by atoms with Crippen molar-refractivity contribution in [3.8, 4) is 0 Å². The Hall–Kier alpha value is -10.8. The molecule has 688 valence electrons. The second-order valence-corrected chi connectivity index (χ2v) is 35.2. The fraction of sp³-hybridized carbons (Fsp3) is 0.593. The van der Waals surface area contributed by atoms with Crippen LogP contribution < -0.4 is 64.2 Å². The Balaban J connectivity index is 1.69. The van der Waals surface area contributed by atoms with Crippen LogP contribution in [0.2, 0.25) is 0 Å². The third-order valence-corrected chi connectivity index (χ3v) is 17.8. The summed E-state index contributed by atoms with van der Waals surface area (Å²) in [7, 11) is 0. The van der Waals surface area contributed by atoms with Gasteiger partial charge in [-0.2, -0.15) is 0 Å². The molecule has 0 saturated carbocycles. The average Bonchev–Trinajstić information content (AvgIpc) is 0.847. The Kier molecular flexibility index (Phi) is 46.6. The molecule has 0 fully saturated rings. The van der Waals surface area contributed by atoms with Crippen LogP contribution in [-0.4, -0.2) is 220 Å². The van der Waals surface area contributed by atoms with E-state index >= 15 is 24.0 Å². The molecule has 0 saturated heterocycles. The zero-order valence-corrected chi connectivity index (χ0v) is 75.2. The molecule has 0 radical (unpaired) electrons. The SMILES string of the molecule is CC(C)(C)OC(=O)CC[C@H](NC(=O)[C@H](Cc1ccccc1)NC(=O)[C@H](CCCCNC(=O)OC(C)(C)C)NC(=O)[C@H](Cc1ccccc1)NC(=O)[C@H](CCC(=O)OC(C)(C)C)NC(=O)[C@@H](N)Cc1ccccc1)C(=O)N[C@@H](Cc1ccccc1)C(=O)N[C@@H](CCCCNC(=O)OC(C)(C)C)C(=O)NCCCOCCOCCOCCCNC(=O)OC(C)(C)C. The summed E-state index contributed by atoms with van der Waals surface area (Å²) in [5, 5.41) is 30.5. The summed E-state index contributed by atoms with van der Waals surface area (Å²) in [6.07, 6.45) is -1.84. The van der Waals surface area contributed by atoms with Crippen molar-refractivity contribution in [1.29, 1.82) is 0 Å². The van der Waals surface area contributed by atoms with E-state index in [1.54, 1.807) is 225 Å². The van der Waals surface area contributed by atoms with Crippen molar-refractivity contribution in [3.63, 3.8) is 0 Å². The summed E-state index contributed by atoms with van der Waals surface area (Å²) in [4.78, 5) is 184. The smallest absolute Gasteiger partial charge is 0.407 e. The number of hydrogen-bond donors (Lipinski definition) is 12. The molecule has 4 rings (SSSR count). The molecule has 33 nitrogen and oxygen atoms in total. The predicted octanol–water partition coefficient (Wildman–Crippen LogP) is 7.78. The van der Waals surface area contributed by atoms with E-state index < -0.39 is 167 Å². The maximum absolute atomic E-state index is 15.4. The van der Waals surface area contributed by atoms with E-state index in [9.17, 15) is 38.4 Å². The lowest BCUT2D eigenvalue weighted by Crippen LogP contribution is -2.61. The van der Waals surface area contributed by atoms with Gasteiger partial charge in [0, 0.05) is 71.5 Å². The number of alkyl carbamates (subject to hydrolysis) is 3. The zero-order chi connectivity index (χ0) is 91.9. The van der Waals surface area contributed by atoms with Gasteiger partial charge >= 0.3 is 30.2 Å². The van der Waals surface area contributed by atoms with Gasteiger partial charge in [0.1, 0.15) is 70.3 Å². The highest BCUT2D eigenvalue weighted by Gasteiger charge is 2.37. The lowest BCUT2D eigenvalue weighted by atomic mass is 10.0. The van der Waals surface area contributed by atoms with Crippen LogP contribution in [0.5, 0.6) is 0 Å². The maximum atomic E-state index is 15.4. The Labute approximate surface area is 730 Å². The highest BCUT2D eigenvalue weighted by molar-refractivity contribution is 5.98. The van der Waals surface area contributed by atoms with Crippen LogP contribution >= 0.6 is 0 Å². The molecule has 4 aromatic carbocycles.